The topological polar surface area (TPSA) is 64.5 Å². The third-order valence-corrected chi connectivity index (χ3v) is 4.34. The molecule has 0 amide bonds. The summed E-state index contributed by atoms with van der Waals surface area (Å²) in [5.41, 5.74) is 6.22. The SMILES string of the molecule is CC1CCC(C2CC(C(O)O)NN2)C(C)C1. The number of nitrogens with one attached hydrogen (secondary N) is 2. The second kappa shape index (κ2) is 5.00. The molecular weight excluding hydrogens is 204 g/mol. The van der Waals surface area contributed by atoms with Crippen LogP contribution in [0.15, 0.2) is 0 Å². The van der Waals surface area contributed by atoms with Gasteiger partial charge in [0.15, 0.2) is 6.29 Å². The van der Waals surface area contributed by atoms with Gasteiger partial charge in [0.2, 0.25) is 0 Å². The Balaban J connectivity index is 1.89. The molecule has 1 saturated carbocycles. The van der Waals surface area contributed by atoms with Crippen LogP contribution in [0.4, 0.5) is 0 Å². The van der Waals surface area contributed by atoms with Crippen molar-refractivity contribution in [1.29, 1.82) is 0 Å². The number of hydrogen-bond acceptors (Lipinski definition) is 4. The lowest BCUT2D eigenvalue weighted by atomic mass is 9.72. The molecule has 0 aromatic rings. The molecule has 2 rings (SSSR count). The van der Waals surface area contributed by atoms with Crippen molar-refractivity contribution >= 4 is 0 Å². The summed E-state index contributed by atoms with van der Waals surface area (Å²) < 4.78 is 0. The molecule has 0 spiro atoms. The first-order chi connectivity index (χ1) is 7.58. The van der Waals surface area contributed by atoms with E-state index in [9.17, 15) is 0 Å². The van der Waals surface area contributed by atoms with Gasteiger partial charge in [0.1, 0.15) is 0 Å². The predicted octanol–water partition coefficient (Wildman–Crippen LogP) is 0.605. The molecule has 5 atom stereocenters. The van der Waals surface area contributed by atoms with E-state index >= 15 is 0 Å². The number of aliphatic hydroxyl groups excluding tert-OH is 1. The fourth-order valence-corrected chi connectivity index (χ4v) is 3.37. The average molecular weight is 228 g/mol. The highest BCUT2D eigenvalue weighted by Crippen LogP contribution is 2.37. The Morgan fingerprint density at radius 1 is 1.06 bits per heavy atom. The lowest BCUT2D eigenvalue weighted by molar-refractivity contribution is -0.0641. The largest absolute Gasteiger partial charge is 0.367 e. The molecule has 2 fully saturated rings. The highest BCUT2D eigenvalue weighted by atomic mass is 16.5. The third kappa shape index (κ3) is 2.56. The van der Waals surface area contributed by atoms with Gasteiger partial charge in [-0.15, -0.1) is 0 Å². The summed E-state index contributed by atoms with van der Waals surface area (Å²) in [5, 5.41) is 18.3. The van der Waals surface area contributed by atoms with Crippen LogP contribution < -0.4 is 10.9 Å². The van der Waals surface area contributed by atoms with Gasteiger partial charge in [-0.05, 0) is 37.0 Å². The van der Waals surface area contributed by atoms with Gasteiger partial charge in [-0.25, -0.2) is 5.43 Å². The van der Waals surface area contributed by atoms with E-state index < -0.39 is 6.29 Å². The Hall–Kier alpha value is -0.160. The lowest BCUT2D eigenvalue weighted by Crippen LogP contribution is -2.42. The molecule has 94 valence electrons. The first kappa shape index (κ1) is 12.3. The minimum absolute atomic E-state index is 0.212. The Morgan fingerprint density at radius 2 is 1.81 bits per heavy atom. The van der Waals surface area contributed by atoms with Crippen molar-refractivity contribution < 1.29 is 10.2 Å². The molecule has 16 heavy (non-hydrogen) atoms. The summed E-state index contributed by atoms with van der Waals surface area (Å²) in [6.45, 7) is 4.65. The second-order valence-electron chi connectivity index (χ2n) is 5.71. The monoisotopic (exact) mass is 228 g/mol. The number of hydrogen-bond donors (Lipinski definition) is 4. The van der Waals surface area contributed by atoms with Gasteiger partial charge in [-0.3, -0.25) is 5.43 Å². The van der Waals surface area contributed by atoms with Crippen LogP contribution >= 0.6 is 0 Å². The molecule has 2 aliphatic rings. The van der Waals surface area contributed by atoms with E-state index in [1.54, 1.807) is 0 Å². The summed E-state index contributed by atoms with van der Waals surface area (Å²) in [4.78, 5) is 0. The van der Waals surface area contributed by atoms with Crippen molar-refractivity contribution in [3.8, 4) is 0 Å². The Labute approximate surface area is 97.4 Å². The van der Waals surface area contributed by atoms with Gasteiger partial charge in [-0.2, -0.15) is 0 Å². The van der Waals surface area contributed by atoms with E-state index in [0.29, 0.717) is 12.0 Å². The smallest absolute Gasteiger partial charge is 0.168 e. The zero-order valence-corrected chi connectivity index (χ0v) is 10.2. The third-order valence-electron chi connectivity index (χ3n) is 4.34. The summed E-state index contributed by atoms with van der Waals surface area (Å²) in [6, 6.07) is 0.186. The maximum atomic E-state index is 9.13. The Bertz CT molecular complexity index is 235. The normalized spacial score (nSPS) is 45.2. The summed E-state index contributed by atoms with van der Waals surface area (Å²) >= 11 is 0. The van der Waals surface area contributed by atoms with Crippen LogP contribution in [-0.4, -0.2) is 28.6 Å². The van der Waals surface area contributed by atoms with Crippen LogP contribution in [0, 0.1) is 17.8 Å². The van der Waals surface area contributed by atoms with E-state index in [4.69, 9.17) is 10.2 Å². The van der Waals surface area contributed by atoms with Crippen LogP contribution in [0.2, 0.25) is 0 Å². The fraction of sp³-hybridized carbons (Fsp3) is 1.00. The van der Waals surface area contributed by atoms with Crippen LogP contribution in [0.3, 0.4) is 0 Å². The molecule has 1 heterocycles. The van der Waals surface area contributed by atoms with Gasteiger partial charge in [0.05, 0.1) is 6.04 Å². The van der Waals surface area contributed by atoms with Gasteiger partial charge in [0.25, 0.3) is 0 Å². The minimum atomic E-state index is -1.25. The van der Waals surface area contributed by atoms with Crippen molar-refractivity contribution in [2.75, 3.05) is 0 Å². The van der Waals surface area contributed by atoms with Gasteiger partial charge >= 0.3 is 0 Å². The molecule has 0 aromatic carbocycles. The van der Waals surface area contributed by atoms with E-state index in [0.717, 1.165) is 18.3 Å². The number of hydrazine groups is 1. The summed E-state index contributed by atoms with van der Waals surface area (Å²) in [5.74, 6) is 2.25. The molecular formula is C12H24N2O2. The van der Waals surface area contributed by atoms with E-state index in [2.05, 4.69) is 24.7 Å². The second-order valence-corrected chi connectivity index (χ2v) is 5.71. The molecule has 1 aliphatic carbocycles. The molecule has 4 heteroatoms. The zero-order valence-electron chi connectivity index (χ0n) is 10.2. The quantitative estimate of drug-likeness (QED) is 0.523. The van der Waals surface area contributed by atoms with Crippen molar-refractivity contribution in [3.63, 3.8) is 0 Å². The summed E-state index contributed by atoms with van der Waals surface area (Å²) in [6.07, 6.45) is 3.43. The van der Waals surface area contributed by atoms with Crippen molar-refractivity contribution in [3.05, 3.63) is 0 Å². The zero-order chi connectivity index (χ0) is 11.7. The first-order valence-corrected chi connectivity index (χ1v) is 6.45. The molecule has 0 bridgehead atoms. The number of rotatable bonds is 2. The summed E-state index contributed by atoms with van der Waals surface area (Å²) in [7, 11) is 0. The average Bonchev–Trinajstić information content (AvgIpc) is 2.66. The Kier molecular flexibility index (Phi) is 3.85. The number of aliphatic hydroxyl groups is 2. The Morgan fingerprint density at radius 3 is 2.38 bits per heavy atom. The molecule has 1 aliphatic heterocycles. The van der Waals surface area contributed by atoms with Crippen LogP contribution in [0.1, 0.15) is 39.5 Å². The van der Waals surface area contributed by atoms with Crippen molar-refractivity contribution in [2.45, 2.75) is 57.9 Å². The highest BCUT2D eigenvalue weighted by molar-refractivity contribution is 4.91. The minimum Gasteiger partial charge on any atom is -0.367 e. The maximum Gasteiger partial charge on any atom is 0.168 e. The van der Waals surface area contributed by atoms with Gasteiger partial charge in [0, 0.05) is 6.04 Å². The van der Waals surface area contributed by atoms with Gasteiger partial charge in [-0.1, -0.05) is 20.3 Å². The first-order valence-electron chi connectivity index (χ1n) is 6.45. The predicted molar refractivity (Wildman–Crippen MR) is 62.4 cm³/mol. The van der Waals surface area contributed by atoms with Crippen LogP contribution in [0.5, 0.6) is 0 Å². The maximum absolute atomic E-state index is 9.13. The van der Waals surface area contributed by atoms with E-state index in [-0.39, 0.29) is 6.04 Å². The lowest BCUT2D eigenvalue weighted by Gasteiger charge is -2.36. The molecule has 0 aromatic heterocycles. The van der Waals surface area contributed by atoms with E-state index in [1.807, 2.05) is 0 Å². The molecule has 4 N–H and O–H groups in total. The standard InChI is InChI=1S/C12H24N2O2/c1-7-3-4-9(8(2)5-7)10-6-11(12(15)16)14-13-10/h7-16H,3-6H2,1-2H3. The molecule has 5 unspecified atom stereocenters. The van der Waals surface area contributed by atoms with E-state index in [1.165, 1.54) is 19.3 Å². The van der Waals surface area contributed by atoms with Crippen molar-refractivity contribution in [1.82, 2.24) is 10.9 Å². The molecule has 4 nitrogen and oxygen atoms in total. The van der Waals surface area contributed by atoms with Crippen LogP contribution in [-0.2, 0) is 0 Å². The fourth-order valence-electron chi connectivity index (χ4n) is 3.37. The molecule has 1 saturated heterocycles. The molecule has 0 radical (unpaired) electrons. The van der Waals surface area contributed by atoms with Crippen molar-refractivity contribution in [2.24, 2.45) is 17.8 Å². The highest BCUT2D eigenvalue weighted by Gasteiger charge is 2.37. The van der Waals surface area contributed by atoms with Crippen LogP contribution in [0.25, 0.3) is 0 Å². The van der Waals surface area contributed by atoms with Gasteiger partial charge < -0.3 is 10.2 Å².